The van der Waals surface area contributed by atoms with Crippen molar-refractivity contribution in [2.24, 2.45) is 0 Å². The highest BCUT2D eigenvalue weighted by molar-refractivity contribution is 5.91. The van der Waals surface area contributed by atoms with E-state index in [9.17, 15) is 5.11 Å². The summed E-state index contributed by atoms with van der Waals surface area (Å²) in [6.45, 7) is 0.458. The molecule has 1 unspecified atom stereocenters. The number of nitrogens with one attached hydrogen (secondary N) is 1. The lowest BCUT2D eigenvalue weighted by Gasteiger charge is -2.17. The number of pyridine rings is 1. The molecule has 0 aliphatic rings. The average Bonchev–Trinajstić information content (AvgIpc) is 2.38. The van der Waals surface area contributed by atoms with E-state index in [-0.39, 0.29) is 12.6 Å². The maximum atomic E-state index is 9.22. The molecule has 2 N–H and O–H groups in total. The molecule has 1 atom stereocenters. The van der Waals surface area contributed by atoms with Crippen molar-refractivity contribution in [3.8, 4) is 0 Å². The van der Waals surface area contributed by atoms with Gasteiger partial charge in [-0.25, -0.2) is 4.98 Å². The molecule has 4 nitrogen and oxygen atoms in total. The van der Waals surface area contributed by atoms with Gasteiger partial charge in [-0.2, -0.15) is 0 Å². The first-order chi connectivity index (χ1) is 8.35. The molecule has 0 saturated heterocycles. The van der Waals surface area contributed by atoms with Gasteiger partial charge in [0.05, 0.1) is 19.3 Å². The molecular weight excluding hydrogens is 216 g/mol. The van der Waals surface area contributed by atoms with Crippen molar-refractivity contribution < 1.29 is 9.84 Å². The van der Waals surface area contributed by atoms with Gasteiger partial charge in [-0.05, 0) is 11.5 Å². The monoisotopic (exact) mass is 232 g/mol. The zero-order valence-corrected chi connectivity index (χ0v) is 9.76. The molecule has 1 heterocycles. The summed E-state index contributed by atoms with van der Waals surface area (Å²) in [5.74, 6) is 0.777. The number of aliphatic hydroxyl groups excluding tert-OH is 1. The van der Waals surface area contributed by atoms with Crippen molar-refractivity contribution in [2.45, 2.75) is 6.04 Å². The van der Waals surface area contributed by atoms with E-state index in [2.05, 4.69) is 10.3 Å². The molecule has 1 aromatic carbocycles. The molecule has 0 saturated carbocycles. The summed E-state index contributed by atoms with van der Waals surface area (Å²) >= 11 is 0. The normalized spacial score (nSPS) is 12.6. The van der Waals surface area contributed by atoms with Gasteiger partial charge in [0.25, 0.3) is 0 Å². The minimum Gasteiger partial charge on any atom is -0.394 e. The first-order valence-electron chi connectivity index (χ1n) is 5.55. The quantitative estimate of drug-likeness (QED) is 0.823. The van der Waals surface area contributed by atoms with Crippen molar-refractivity contribution in [3.05, 3.63) is 36.5 Å². The highest BCUT2D eigenvalue weighted by Crippen LogP contribution is 2.20. The third-order valence-corrected chi connectivity index (χ3v) is 2.60. The average molecular weight is 232 g/mol. The number of hydrogen-bond acceptors (Lipinski definition) is 4. The van der Waals surface area contributed by atoms with E-state index in [0.717, 1.165) is 16.6 Å². The molecule has 90 valence electrons. The fraction of sp³-hybridized carbons (Fsp3) is 0.308. The third-order valence-electron chi connectivity index (χ3n) is 2.60. The van der Waals surface area contributed by atoms with Crippen LogP contribution in [0.2, 0.25) is 0 Å². The Kier molecular flexibility index (Phi) is 3.90. The molecule has 0 spiro atoms. The van der Waals surface area contributed by atoms with Gasteiger partial charge in [-0.1, -0.05) is 24.3 Å². The Hall–Kier alpha value is -1.65. The summed E-state index contributed by atoms with van der Waals surface area (Å²) in [7, 11) is 1.61. The van der Waals surface area contributed by atoms with Crippen molar-refractivity contribution in [1.29, 1.82) is 0 Å². The maximum Gasteiger partial charge on any atom is 0.134 e. The highest BCUT2D eigenvalue weighted by Gasteiger charge is 2.09. The van der Waals surface area contributed by atoms with Crippen LogP contribution in [-0.4, -0.2) is 36.5 Å². The maximum absolute atomic E-state index is 9.22. The van der Waals surface area contributed by atoms with Gasteiger partial charge in [0.15, 0.2) is 0 Å². The standard InChI is InChI=1S/C13H16N2O2/c1-17-9-11(8-16)15-13-12-5-3-2-4-10(12)6-7-14-13/h2-7,11,16H,8-9H2,1H3,(H,14,15). The van der Waals surface area contributed by atoms with E-state index in [1.807, 2.05) is 30.3 Å². The van der Waals surface area contributed by atoms with Crippen LogP contribution in [-0.2, 0) is 4.74 Å². The lowest BCUT2D eigenvalue weighted by molar-refractivity contribution is 0.153. The van der Waals surface area contributed by atoms with E-state index in [0.29, 0.717) is 6.61 Å². The lowest BCUT2D eigenvalue weighted by atomic mass is 10.1. The van der Waals surface area contributed by atoms with E-state index in [1.165, 1.54) is 0 Å². The second kappa shape index (κ2) is 5.61. The van der Waals surface area contributed by atoms with Gasteiger partial charge in [-0.3, -0.25) is 0 Å². The van der Waals surface area contributed by atoms with Crippen molar-refractivity contribution in [3.63, 3.8) is 0 Å². The fourth-order valence-corrected chi connectivity index (χ4v) is 1.77. The molecule has 0 fully saturated rings. The lowest BCUT2D eigenvalue weighted by Crippen LogP contribution is -2.29. The summed E-state index contributed by atoms with van der Waals surface area (Å²) < 4.78 is 5.03. The van der Waals surface area contributed by atoms with Gasteiger partial charge >= 0.3 is 0 Å². The molecule has 1 aromatic heterocycles. The van der Waals surface area contributed by atoms with Gasteiger partial charge in [0, 0.05) is 18.7 Å². The van der Waals surface area contributed by atoms with E-state index < -0.39 is 0 Å². The molecule has 0 amide bonds. The van der Waals surface area contributed by atoms with Gasteiger partial charge < -0.3 is 15.2 Å². The first-order valence-corrected chi connectivity index (χ1v) is 5.55. The Morgan fingerprint density at radius 2 is 2.18 bits per heavy atom. The van der Waals surface area contributed by atoms with Crippen LogP contribution in [0.1, 0.15) is 0 Å². The van der Waals surface area contributed by atoms with Gasteiger partial charge in [0.2, 0.25) is 0 Å². The van der Waals surface area contributed by atoms with Gasteiger partial charge in [-0.15, -0.1) is 0 Å². The largest absolute Gasteiger partial charge is 0.394 e. The highest BCUT2D eigenvalue weighted by atomic mass is 16.5. The van der Waals surface area contributed by atoms with E-state index in [1.54, 1.807) is 13.3 Å². The molecule has 0 aliphatic heterocycles. The number of fused-ring (bicyclic) bond motifs is 1. The van der Waals surface area contributed by atoms with Crippen LogP contribution >= 0.6 is 0 Å². The number of aliphatic hydroxyl groups is 1. The second-order valence-electron chi connectivity index (χ2n) is 3.86. The van der Waals surface area contributed by atoms with Crippen LogP contribution in [0.5, 0.6) is 0 Å². The number of nitrogens with zero attached hydrogens (tertiary/aromatic N) is 1. The fourth-order valence-electron chi connectivity index (χ4n) is 1.77. The third kappa shape index (κ3) is 2.72. The molecule has 0 aliphatic carbocycles. The summed E-state index contributed by atoms with van der Waals surface area (Å²) in [6, 6.07) is 9.83. The minimum absolute atomic E-state index is 0.0126. The number of anilines is 1. The van der Waals surface area contributed by atoms with Crippen LogP contribution in [0.15, 0.2) is 36.5 Å². The zero-order chi connectivity index (χ0) is 12.1. The molecule has 17 heavy (non-hydrogen) atoms. The van der Waals surface area contributed by atoms with Crippen LogP contribution < -0.4 is 5.32 Å². The molecule has 2 rings (SSSR count). The molecule has 0 bridgehead atoms. The number of ether oxygens (including phenoxy) is 1. The molecule has 2 aromatic rings. The number of benzene rings is 1. The number of aromatic nitrogens is 1. The molecular formula is C13H16N2O2. The summed E-state index contributed by atoms with van der Waals surface area (Å²) in [5, 5.41) is 14.6. The predicted molar refractivity (Wildman–Crippen MR) is 68.1 cm³/mol. The summed E-state index contributed by atoms with van der Waals surface area (Å²) in [5.41, 5.74) is 0. The van der Waals surface area contributed by atoms with Crippen molar-refractivity contribution in [1.82, 2.24) is 4.98 Å². The smallest absolute Gasteiger partial charge is 0.134 e. The second-order valence-corrected chi connectivity index (χ2v) is 3.86. The first kappa shape index (κ1) is 11.8. The summed E-state index contributed by atoms with van der Waals surface area (Å²) in [6.07, 6.45) is 1.76. The molecule has 4 heteroatoms. The SMILES string of the molecule is COCC(CO)Nc1nccc2ccccc12. The van der Waals surface area contributed by atoms with Crippen LogP contribution in [0.25, 0.3) is 10.8 Å². The number of rotatable bonds is 5. The van der Waals surface area contributed by atoms with E-state index in [4.69, 9.17) is 4.74 Å². The van der Waals surface area contributed by atoms with Crippen LogP contribution in [0.3, 0.4) is 0 Å². The Morgan fingerprint density at radius 1 is 1.35 bits per heavy atom. The number of methoxy groups -OCH3 is 1. The minimum atomic E-state index is -0.140. The van der Waals surface area contributed by atoms with E-state index >= 15 is 0 Å². The Balaban J connectivity index is 2.28. The summed E-state index contributed by atoms with van der Waals surface area (Å²) in [4.78, 5) is 4.30. The predicted octanol–water partition coefficient (Wildman–Crippen LogP) is 1.65. The Bertz CT molecular complexity index is 482. The van der Waals surface area contributed by atoms with Crippen molar-refractivity contribution >= 4 is 16.6 Å². The van der Waals surface area contributed by atoms with Crippen LogP contribution in [0, 0.1) is 0 Å². The number of hydrogen-bond donors (Lipinski definition) is 2. The van der Waals surface area contributed by atoms with Crippen LogP contribution in [0.4, 0.5) is 5.82 Å². The topological polar surface area (TPSA) is 54.4 Å². The zero-order valence-electron chi connectivity index (χ0n) is 9.76. The Morgan fingerprint density at radius 3 is 2.94 bits per heavy atom. The van der Waals surface area contributed by atoms with Crippen molar-refractivity contribution in [2.75, 3.05) is 25.6 Å². The molecule has 0 radical (unpaired) electrons. The van der Waals surface area contributed by atoms with Gasteiger partial charge in [0.1, 0.15) is 5.82 Å². The Labute approximate surface area is 100 Å².